The standard InChI is InChI=1S/C17H33NO/c1-6-10-11-12-13-14-15-18(9-4)16(19)17(5,7-2)8-3/h12-13H,6-11,14-15H2,1-5H3/b13-12+. The zero-order valence-corrected chi connectivity index (χ0v) is 13.7. The van der Waals surface area contributed by atoms with Crippen LogP contribution in [-0.2, 0) is 4.79 Å². The first-order valence-corrected chi connectivity index (χ1v) is 8.00. The van der Waals surface area contributed by atoms with Gasteiger partial charge in [-0.25, -0.2) is 0 Å². The van der Waals surface area contributed by atoms with E-state index in [1.165, 1.54) is 12.8 Å². The van der Waals surface area contributed by atoms with E-state index in [4.69, 9.17) is 0 Å². The average molecular weight is 267 g/mol. The Balaban J connectivity index is 4.27. The van der Waals surface area contributed by atoms with Gasteiger partial charge in [0.05, 0.1) is 0 Å². The normalized spacial score (nSPS) is 12.1. The SMILES string of the molecule is CCCC/C=C/CCN(CC)C(=O)C(C)(CC)CC. The number of rotatable bonds is 10. The van der Waals surface area contributed by atoms with Crippen LogP contribution in [0.15, 0.2) is 12.2 Å². The minimum Gasteiger partial charge on any atom is -0.342 e. The molecule has 19 heavy (non-hydrogen) atoms. The lowest BCUT2D eigenvalue weighted by atomic mass is 9.83. The summed E-state index contributed by atoms with van der Waals surface area (Å²) in [4.78, 5) is 14.5. The number of allylic oxidation sites excluding steroid dienone is 1. The largest absolute Gasteiger partial charge is 0.342 e. The third-order valence-electron chi connectivity index (χ3n) is 4.20. The summed E-state index contributed by atoms with van der Waals surface area (Å²) in [5.41, 5.74) is -0.179. The lowest BCUT2D eigenvalue weighted by Gasteiger charge is -2.32. The smallest absolute Gasteiger partial charge is 0.228 e. The summed E-state index contributed by atoms with van der Waals surface area (Å²) >= 11 is 0. The summed E-state index contributed by atoms with van der Waals surface area (Å²) in [7, 11) is 0. The Morgan fingerprint density at radius 1 is 1.05 bits per heavy atom. The van der Waals surface area contributed by atoms with E-state index in [-0.39, 0.29) is 5.41 Å². The zero-order valence-electron chi connectivity index (χ0n) is 13.7. The summed E-state index contributed by atoms with van der Waals surface area (Å²) in [6.07, 6.45) is 11.0. The van der Waals surface area contributed by atoms with Crippen molar-refractivity contribution < 1.29 is 4.79 Å². The lowest BCUT2D eigenvalue weighted by molar-refractivity contribution is -0.141. The summed E-state index contributed by atoms with van der Waals surface area (Å²) in [5.74, 6) is 0.321. The molecule has 0 atom stereocenters. The van der Waals surface area contributed by atoms with Crippen LogP contribution in [0, 0.1) is 5.41 Å². The molecule has 0 aliphatic heterocycles. The lowest BCUT2D eigenvalue weighted by Crippen LogP contribution is -2.42. The quantitative estimate of drug-likeness (QED) is 0.411. The highest BCUT2D eigenvalue weighted by Crippen LogP contribution is 2.28. The van der Waals surface area contributed by atoms with Gasteiger partial charge < -0.3 is 4.90 Å². The zero-order chi connectivity index (χ0) is 14.7. The van der Waals surface area contributed by atoms with Gasteiger partial charge in [0.25, 0.3) is 0 Å². The van der Waals surface area contributed by atoms with Crippen LogP contribution in [0.3, 0.4) is 0 Å². The molecule has 0 aliphatic rings. The van der Waals surface area contributed by atoms with Crippen LogP contribution in [0.2, 0.25) is 0 Å². The molecule has 0 radical (unpaired) electrons. The molecule has 0 rings (SSSR count). The van der Waals surface area contributed by atoms with Crippen LogP contribution in [0.25, 0.3) is 0 Å². The number of carbonyl (C=O) groups is 1. The number of nitrogens with zero attached hydrogens (tertiary/aromatic N) is 1. The molecule has 2 heteroatoms. The van der Waals surface area contributed by atoms with Crippen LogP contribution < -0.4 is 0 Å². The highest BCUT2D eigenvalue weighted by atomic mass is 16.2. The van der Waals surface area contributed by atoms with Crippen molar-refractivity contribution in [2.45, 2.75) is 73.1 Å². The fourth-order valence-corrected chi connectivity index (χ4v) is 2.13. The molecule has 0 bridgehead atoms. The van der Waals surface area contributed by atoms with E-state index < -0.39 is 0 Å². The summed E-state index contributed by atoms with van der Waals surface area (Å²) in [6, 6.07) is 0. The fourth-order valence-electron chi connectivity index (χ4n) is 2.13. The van der Waals surface area contributed by atoms with E-state index in [0.29, 0.717) is 5.91 Å². The maximum Gasteiger partial charge on any atom is 0.228 e. The Kier molecular flexibility index (Phi) is 9.63. The van der Waals surface area contributed by atoms with Crippen molar-refractivity contribution in [1.29, 1.82) is 0 Å². The van der Waals surface area contributed by atoms with E-state index in [2.05, 4.69) is 46.8 Å². The van der Waals surface area contributed by atoms with Gasteiger partial charge in [0.2, 0.25) is 5.91 Å². The van der Waals surface area contributed by atoms with Crippen molar-refractivity contribution in [3.8, 4) is 0 Å². The third-order valence-corrected chi connectivity index (χ3v) is 4.20. The molecule has 0 saturated carbocycles. The number of carbonyl (C=O) groups excluding carboxylic acids is 1. The molecule has 0 heterocycles. The molecule has 0 fully saturated rings. The molecule has 0 aromatic heterocycles. The van der Waals surface area contributed by atoms with Gasteiger partial charge in [-0.1, -0.05) is 52.7 Å². The monoisotopic (exact) mass is 267 g/mol. The first kappa shape index (κ1) is 18.2. The highest BCUT2D eigenvalue weighted by molar-refractivity contribution is 5.82. The van der Waals surface area contributed by atoms with Gasteiger partial charge in [-0.05, 0) is 32.6 Å². The summed E-state index contributed by atoms with van der Waals surface area (Å²) < 4.78 is 0. The Labute approximate surface area is 120 Å². The molecule has 1 amide bonds. The van der Waals surface area contributed by atoms with Crippen LogP contribution in [-0.4, -0.2) is 23.9 Å². The molecular formula is C17H33NO. The van der Waals surface area contributed by atoms with Crippen LogP contribution in [0.5, 0.6) is 0 Å². The average Bonchev–Trinajstić information content (AvgIpc) is 2.45. The Bertz CT molecular complexity index is 266. The second-order valence-electron chi connectivity index (χ2n) is 5.55. The molecule has 0 saturated heterocycles. The first-order chi connectivity index (χ1) is 9.05. The Hall–Kier alpha value is -0.790. The van der Waals surface area contributed by atoms with Gasteiger partial charge in [-0.15, -0.1) is 0 Å². The summed E-state index contributed by atoms with van der Waals surface area (Å²) in [5, 5.41) is 0. The number of unbranched alkanes of at least 4 members (excludes halogenated alkanes) is 2. The Morgan fingerprint density at radius 3 is 2.11 bits per heavy atom. The van der Waals surface area contributed by atoms with Crippen molar-refractivity contribution in [1.82, 2.24) is 4.90 Å². The molecule has 112 valence electrons. The molecule has 0 aromatic carbocycles. The van der Waals surface area contributed by atoms with Crippen molar-refractivity contribution in [3.05, 3.63) is 12.2 Å². The van der Waals surface area contributed by atoms with Gasteiger partial charge in [-0.2, -0.15) is 0 Å². The molecule has 0 unspecified atom stereocenters. The van der Waals surface area contributed by atoms with Crippen molar-refractivity contribution in [2.75, 3.05) is 13.1 Å². The molecule has 2 nitrogen and oxygen atoms in total. The predicted octanol–water partition coefficient (Wildman–Crippen LogP) is 4.80. The fraction of sp³-hybridized carbons (Fsp3) is 0.824. The maximum atomic E-state index is 12.5. The molecule has 0 N–H and O–H groups in total. The van der Waals surface area contributed by atoms with Gasteiger partial charge in [0, 0.05) is 18.5 Å². The molecule has 0 aromatic rings. The second kappa shape index (κ2) is 10.1. The third kappa shape index (κ3) is 6.26. The minimum atomic E-state index is -0.179. The Morgan fingerprint density at radius 2 is 1.63 bits per heavy atom. The van der Waals surface area contributed by atoms with Crippen molar-refractivity contribution >= 4 is 5.91 Å². The van der Waals surface area contributed by atoms with Crippen LogP contribution in [0.1, 0.15) is 73.1 Å². The second-order valence-corrected chi connectivity index (χ2v) is 5.55. The van der Waals surface area contributed by atoms with Gasteiger partial charge in [-0.3, -0.25) is 4.79 Å². The van der Waals surface area contributed by atoms with Gasteiger partial charge in [0.1, 0.15) is 0 Å². The van der Waals surface area contributed by atoms with E-state index >= 15 is 0 Å². The van der Waals surface area contributed by atoms with Crippen LogP contribution >= 0.6 is 0 Å². The topological polar surface area (TPSA) is 20.3 Å². The molecular weight excluding hydrogens is 234 g/mol. The van der Waals surface area contributed by atoms with Crippen LogP contribution in [0.4, 0.5) is 0 Å². The molecule has 0 aliphatic carbocycles. The number of hydrogen-bond donors (Lipinski definition) is 0. The van der Waals surface area contributed by atoms with Crippen molar-refractivity contribution in [3.63, 3.8) is 0 Å². The predicted molar refractivity (Wildman–Crippen MR) is 84.2 cm³/mol. The van der Waals surface area contributed by atoms with Gasteiger partial charge >= 0.3 is 0 Å². The maximum absolute atomic E-state index is 12.5. The highest BCUT2D eigenvalue weighted by Gasteiger charge is 2.32. The number of hydrogen-bond acceptors (Lipinski definition) is 1. The number of amides is 1. The first-order valence-electron chi connectivity index (χ1n) is 8.00. The minimum absolute atomic E-state index is 0.179. The molecule has 0 spiro atoms. The van der Waals surface area contributed by atoms with E-state index in [1.807, 2.05) is 4.90 Å². The van der Waals surface area contributed by atoms with Crippen molar-refractivity contribution in [2.24, 2.45) is 5.41 Å². The van der Waals surface area contributed by atoms with E-state index in [1.54, 1.807) is 0 Å². The van der Waals surface area contributed by atoms with E-state index in [0.717, 1.165) is 38.8 Å². The summed E-state index contributed by atoms with van der Waals surface area (Å²) in [6.45, 7) is 12.3. The van der Waals surface area contributed by atoms with E-state index in [9.17, 15) is 4.79 Å². The van der Waals surface area contributed by atoms with Gasteiger partial charge in [0.15, 0.2) is 0 Å².